The second kappa shape index (κ2) is 6.55. The summed E-state index contributed by atoms with van der Waals surface area (Å²) < 4.78 is 2.04. The Balaban J connectivity index is 1.63. The Morgan fingerprint density at radius 2 is 2.04 bits per heavy atom. The lowest BCUT2D eigenvalue weighted by Gasteiger charge is -2.35. The minimum absolute atomic E-state index is 0.326. The summed E-state index contributed by atoms with van der Waals surface area (Å²) in [7, 11) is 2.00. The zero-order valence-electron chi connectivity index (χ0n) is 12.9. The molecular formula is C15H19ClN6O. The van der Waals surface area contributed by atoms with Crippen LogP contribution in [0.15, 0.2) is 24.7 Å². The van der Waals surface area contributed by atoms with Crippen molar-refractivity contribution in [3.63, 3.8) is 0 Å². The first kappa shape index (κ1) is 15.8. The molecule has 7 nitrogen and oxygen atoms in total. The molecule has 2 N–H and O–H groups in total. The maximum absolute atomic E-state index is 11.2. The standard InChI is InChI=1S/C15H19ClN6O/c1-20-3-2-18-13(20)10-21-4-6-22(7-5-21)15-12(16)8-11(9-19-15)14(17)23/h2-3,8-9H,4-7,10H2,1H3,(H2,17,23). The van der Waals surface area contributed by atoms with Crippen LogP contribution in [-0.2, 0) is 13.6 Å². The number of hydrogen-bond donors (Lipinski definition) is 1. The van der Waals surface area contributed by atoms with Crippen LogP contribution in [0.2, 0.25) is 5.02 Å². The average Bonchev–Trinajstić information content (AvgIpc) is 2.93. The molecule has 8 heteroatoms. The summed E-state index contributed by atoms with van der Waals surface area (Å²) in [5.41, 5.74) is 5.57. The fourth-order valence-electron chi connectivity index (χ4n) is 2.66. The van der Waals surface area contributed by atoms with Crippen LogP contribution in [0.4, 0.5) is 5.82 Å². The monoisotopic (exact) mass is 334 g/mol. The summed E-state index contributed by atoms with van der Waals surface area (Å²) >= 11 is 6.24. The molecule has 0 aromatic carbocycles. The van der Waals surface area contributed by atoms with Crippen LogP contribution >= 0.6 is 11.6 Å². The van der Waals surface area contributed by atoms with Gasteiger partial charge >= 0.3 is 0 Å². The Morgan fingerprint density at radius 1 is 1.30 bits per heavy atom. The zero-order valence-corrected chi connectivity index (χ0v) is 13.7. The SMILES string of the molecule is Cn1ccnc1CN1CCN(c2ncc(C(N)=O)cc2Cl)CC1. The van der Waals surface area contributed by atoms with Gasteiger partial charge in [0.2, 0.25) is 5.91 Å². The van der Waals surface area contributed by atoms with E-state index in [1.165, 1.54) is 6.20 Å². The van der Waals surface area contributed by atoms with Crippen LogP contribution in [0, 0.1) is 0 Å². The fourth-order valence-corrected chi connectivity index (χ4v) is 2.95. The first-order chi connectivity index (χ1) is 11.0. The van der Waals surface area contributed by atoms with Gasteiger partial charge in [-0.1, -0.05) is 11.6 Å². The van der Waals surface area contributed by atoms with Crippen LogP contribution in [0.5, 0.6) is 0 Å². The Bertz CT molecular complexity index is 708. The normalized spacial score (nSPS) is 15.8. The number of aryl methyl sites for hydroxylation is 1. The summed E-state index contributed by atoms with van der Waals surface area (Å²) in [4.78, 5) is 24.3. The topological polar surface area (TPSA) is 80.3 Å². The summed E-state index contributed by atoms with van der Waals surface area (Å²) in [6.45, 7) is 4.30. The van der Waals surface area contributed by atoms with Gasteiger partial charge in [-0.3, -0.25) is 9.69 Å². The van der Waals surface area contributed by atoms with E-state index >= 15 is 0 Å². The van der Waals surface area contributed by atoms with E-state index in [1.807, 2.05) is 24.0 Å². The number of amides is 1. The van der Waals surface area contributed by atoms with E-state index in [9.17, 15) is 4.79 Å². The van der Waals surface area contributed by atoms with Gasteiger partial charge in [-0.15, -0.1) is 0 Å². The number of imidazole rings is 1. The lowest BCUT2D eigenvalue weighted by molar-refractivity contribution is 0.1000. The third kappa shape index (κ3) is 3.46. The molecule has 2 aromatic rings. The number of rotatable bonds is 4. The van der Waals surface area contributed by atoms with Gasteiger partial charge in [-0.05, 0) is 6.07 Å². The molecule has 0 saturated carbocycles. The van der Waals surface area contributed by atoms with Crippen molar-refractivity contribution in [2.45, 2.75) is 6.54 Å². The van der Waals surface area contributed by atoms with Crippen molar-refractivity contribution in [3.8, 4) is 0 Å². The van der Waals surface area contributed by atoms with E-state index in [4.69, 9.17) is 17.3 Å². The van der Waals surface area contributed by atoms with Gasteiger partial charge in [0, 0.05) is 51.8 Å². The Morgan fingerprint density at radius 3 is 2.61 bits per heavy atom. The number of carbonyl (C=O) groups is 1. The molecule has 2 aromatic heterocycles. The zero-order chi connectivity index (χ0) is 16.4. The summed E-state index contributed by atoms with van der Waals surface area (Å²) in [6.07, 6.45) is 5.24. The number of nitrogens with two attached hydrogens (primary N) is 1. The van der Waals surface area contributed by atoms with Crippen LogP contribution in [0.25, 0.3) is 0 Å². The highest BCUT2D eigenvalue weighted by atomic mass is 35.5. The predicted octanol–water partition coefficient (Wildman–Crippen LogP) is 0.890. The third-order valence-electron chi connectivity index (χ3n) is 4.06. The number of piperazine rings is 1. The van der Waals surface area contributed by atoms with Gasteiger partial charge in [0.05, 0.1) is 17.1 Å². The minimum atomic E-state index is -0.522. The van der Waals surface area contributed by atoms with E-state index in [-0.39, 0.29) is 0 Å². The van der Waals surface area contributed by atoms with Gasteiger partial charge in [-0.2, -0.15) is 0 Å². The van der Waals surface area contributed by atoms with Gasteiger partial charge < -0.3 is 15.2 Å². The number of primary amides is 1. The highest BCUT2D eigenvalue weighted by Gasteiger charge is 2.21. The van der Waals surface area contributed by atoms with Gasteiger partial charge in [-0.25, -0.2) is 9.97 Å². The molecule has 122 valence electrons. The summed E-state index contributed by atoms with van der Waals surface area (Å²) in [6, 6.07) is 1.58. The fraction of sp³-hybridized carbons (Fsp3) is 0.400. The molecule has 0 atom stereocenters. The Kier molecular flexibility index (Phi) is 4.49. The quantitative estimate of drug-likeness (QED) is 0.898. The highest BCUT2D eigenvalue weighted by Crippen LogP contribution is 2.25. The van der Waals surface area contributed by atoms with Crippen LogP contribution < -0.4 is 10.6 Å². The predicted molar refractivity (Wildman–Crippen MR) is 88.5 cm³/mol. The van der Waals surface area contributed by atoms with Crippen molar-refractivity contribution in [3.05, 3.63) is 41.1 Å². The third-order valence-corrected chi connectivity index (χ3v) is 4.34. The molecule has 1 amide bonds. The second-order valence-electron chi connectivity index (χ2n) is 5.61. The van der Waals surface area contributed by atoms with E-state index < -0.39 is 5.91 Å². The molecular weight excluding hydrogens is 316 g/mol. The second-order valence-corrected chi connectivity index (χ2v) is 6.02. The molecule has 0 bridgehead atoms. The number of pyridine rings is 1. The van der Waals surface area contributed by atoms with E-state index in [1.54, 1.807) is 6.07 Å². The molecule has 3 heterocycles. The molecule has 1 fully saturated rings. The molecule has 1 saturated heterocycles. The number of hydrogen-bond acceptors (Lipinski definition) is 5. The number of anilines is 1. The van der Waals surface area contributed by atoms with Crippen molar-refractivity contribution in [2.24, 2.45) is 12.8 Å². The van der Waals surface area contributed by atoms with Crippen LogP contribution in [-0.4, -0.2) is 51.5 Å². The Labute approximate surface area is 139 Å². The van der Waals surface area contributed by atoms with E-state index in [0.717, 1.165) is 38.5 Å². The molecule has 23 heavy (non-hydrogen) atoms. The Hall–Kier alpha value is -2.12. The smallest absolute Gasteiger partial charge is 0.250 e. The molecule has 0 aliphatic carbocycles. The van der Waals surface area contributed by atoms with Crippen molar-refractivity contribution in [1.82, 2.24) is 19.4 Å². The first-order valence-corrected chi connectivity index (χ1v) is 7.81. The molecule has 0 spiro atoms. The van der Waals surface area contributed by atoms with E-state index in [0.29, 0.717) is 16.4 Å². The summed E-state index contributed by atoms with van der Waals surface area (Å²) in [5, 5.41) is 0.457. The number of halogens is 1. The van der Waals surface area contributed by atoms with Gasteiger partial charge in [0.25, 0.3) is 0 Å². The lowest BCUT2D eigenvalue weighted by atomic mass is 10.2. The van der Waals surface area contributed by atoms with Crippen molar-refractivity contribution in [2.75, 3.05) is 31.1 Å². The highest BCUT2D eigenvalue weighted by molar-refractivity contribution is 6.33. The first-order valence-electron chi connectivity index (χ1n) is 7.43. The number of carbonyl (C=O) groups excluding carboxylic acids is 1. The summed E-state index contributed by atoms with van der Waals surface area (Å²) in [5.74, 6) is 1.24. The average molecular weight is 335 g/mol. The van der Waals surface area contributed by atoms with Crippen molar-refractivity contribution >= 4 is 23.3 Å². The largest absolute Gasteiger partial charge is 0.366 e. The molecule has 3 rings (SSSR count). The molecule has 0 radical (unpaired) electrons. The lowest BCUT2D eigenvalue weighted by Crippen LogP contribution is -2.46. The van der Waals surface area contributed by atoms with Crippen molar-refractivity contribution in [1.29, 1.82) is 0 Å². The number of nitrogens with zero attached hydrogens (tertiary/aromatic N) is 5. The van der Waals surface area contributed by atoms with Crippen molar-refractivity contribution < 1.29 is 4.79 Å². The maximum Gasteiger partial charge on any atom is 0.250 e. The maximum atomic E-state index is 11.2. The minimum Gasteiger partial charge on any atom is -0.366 e. The number of aromatic nitrogens is 3. The van der Waals surface area contributed by atoms with Crippen LogP contribution in [0.3, 0.4) is 0 Å². The van der Waals surface area contributed by atoms with E-state index in [2.05, 4.69) is 19.8 Å². The molecule has 0 unspecified atom stereocenters. The van der Waals surface area contributed by atoms with Gasteiger partial charge in [0.15, 0.2) is 0 Å². The molecule has 1 aliphatic rings. The van der Waals surface area contributed by atoms with Crippen LogP contribution in [0.1, 0.15) is 16.2 Å². The molecule has 1 aliphatic heterocycles. The van der Waals surface area contributed by atoms with Gasteiger partial charge in [0.1, 0.15) is 11.6 Å².